The summed E-state index contributed by atoms with van der Waals surface area (Å²) in [4.78, 5) is 48.3. The number of carbonyl (C=O) groups is 3. The Morgan fingerprint density at radius 2 is 1.93 bits per heavy atom. The number of carbonyl (C=O) groups excluding carboxylic acids is 3. The zero-order valence-corrected chi connectivity index (χ0v) is 17.8. The van der Waals surface area contributed by atoms with Crippen molar-refractivity contribution < 1.29 is 24.0 Å². The summed E-state index contributed by atoms with van der Waals surface area (Å²) in [6, 6.07) is 5.23. The van der Waals surface area contributed by atoms with Crippen LogP contribution < -0.4 is 10.6 Å². The van der Waals surface area contributed by atoms with Crippen molar-refractivity contribution in [2.45, 2.75) is 33.6 Å². The number of ether oxygens (including phenoxy) is 1. The molecule has 0 aliphatic carbocycles. The molecular formula is C20H23N3O6S. The molecule has 0 saturated heterocycles. The van der Waals surface area contributed by atoms with Crippen LogP contribution in [0, 0.1) is 17.0 Å². The topological polar surface area (TPSA) is 128 Å². The number of rotatable bonds is 9. The summed E-state index contributed by atoms with van der Waals surface area (Å²) in [5.41, 5.74) is 0.327. The van der Waals surface area contributed by atoms with Crippen LogP contribution in [0.4, 0.5) is 10.7 Å². The van der Waals surface area contributed by atoms with Gasteiger partial charge in [-0.3, -0.25) is 19.7 Å². The Morgan fingerprint density at radius 1 is 1.20 bits per heavy atom. The Bertz CT molecular complexity index is 969. The van der Waals surface area contributed by atoms with Crippen molar-refractivity contribution in [1.29, 1.82) is 0 Å². The Hall–Kier alpha value is -3.27. The molecule has 0 fully saturated rings. The molecule has 1 aromatic heterocycles. The van der Waals surface area contributed by atoms with E-state index in [1.807, 2.05) is 6.92 Å². The van der Waals surface area contributed by atoms with Gasteiger partial charge in [-0.25, -0.2) is 4.79 Å². The number of unbranched alkanes of at least 4 members (excludes halogenated alkanes) is 1. The smallest absolute Gasteiger partial charge is 0.341 e. The largest absolute Gasteiger partial charge is 0.462 e. The van der Waals surface area contributed by atoms with Crippen molar-refractivity contribution in [3.05, 3.63) is 55.9 Å². The lowest BCUT2D eigenvalue weighted by Gasteiger charge is -2.07. The highest BCUT2D eigenvalue weighted by Crippen LogP contribution is 2.34. The van der Waals surface area contributed by atoms with Gasteiger partial charge in [0.2, 0.25) is 0 Å². The number of anilines is 1. The fourth-order valence-electron chi connectivity index (χ4n) is 2.66. The van der Waals surface area contributed by atoms with Gasteiger partial charge in [0.05, 0.1) is 22.0 Å². The van der Waals surface area contributed by atoms with E-state index in [4.69, 9.17) is 4.74 Å². The molecule has 0 spiro atoms. The molecule has 2 N–H and O–H groups in total. The van der Waals surface area contributed by atoms with Gasteiger partial charge in [-0.2, -0.15) is 0 Å². The minimum absolute atomic E-state index is 0.0546. The highest BCUT2D eigenvalue weighted by molar-refractivity contribution is 7.18. The number of thiophene rings is 1. The lowest BCUT2D eigenvalue weighted by molar-refractivity contribution is -0.384. The van der Waals surface area contributed by atoms with E-state index in [0.29, 0.717) is 17.0 Å². The van der Waals surface area contributed by atoms with Crippen LogP contribution in [0.5, 0.6) is 0 Å². The first-order valence-corrected chi connectivity index (χ1v) is 10.3. The monoisotopic (exact) mass is 433 g/mol. The Kier molecular flexibility index (Phi) is 8.05. The van der Waals surface area contributed by atoms with Crippen molar-refractivity contribution in [2.24, 2.45) is 0 Å². The molecule has 9 nitrogen and oxygen atoms in total. The highest BCUT2D eigenvalue weighted by atomic mass is 32.1. The van der Waals surface area contributed by atoms with E-state index in [1.54, 1.807) is 13.8 Å². The molecule has 2 amide bonds. The molecule has 0 aliphatic rings. The number of nitrogens with one attached hydrogen (secondary N) is 2. The number of amides is 2. The summed E-state index contributed by atoms with van der Waals surface area (Å²) in [6.07, 6.45) is 1.74. The summed E-state index contributed by atoms with van der Waals surface area (Å²) in [5, 5.41) is 16.5. The van der Waals surface area contributed by atoms with E-state index < -0.39 is 16.8 Å². The summed E-state index contributed by atoms with van der Waals surface area (Å²) >= 11 is 0.961. The molecule has 0 aliphatic heterocycles. The van der Waals surface area contributed by atoms with Crippen LogP contribution >= 0.6 is 11.3 Å². The fourth-order valence-corrected chi connectivity index (χ4v) is 3.77. The first kappa shape index (κ1) is 23.0. The lowest BCUT2D eigenvalue weighted by Crippen LogP contribution is -2.24. The van der Waals surface area contributed by atoms with Crippen LogP contribution in [0.15, 0.2) is 24.3 Å². The average molecular weight is 433 g/mol. The van der Waals surface area contributed by atoms with Crippen LogP contribution in [0.25, 0.3) is 0 Å². The molecule has 0 unspecified atom stereocenters. The van der Waals surface area contributed by atoms with Gasteiger partial charge in [-0.05, 0) is 31.9 Å². The lowest BCUT2D eigenvalue weighted by atomic mass is 10.1. The van der Waals surface area contributed by atoms with Crippen molar-refractivity contribution in [3.63, 3.8) is 0 Å². The maximum absolute atomic E-state index is 12.6. The summed E-state index contributed by atoms with van der Waals surface area (Å²) in [5.74, 6) is -1.64. The third-order valence-corrected chi connectivity index (χ3v) is 5.40. The van der Waals surface area contributed by atoms with Gasteiger partial charge in [0.15, 0.2) is 0 Å². The standard InChI is InChI=1S/C20H23N3O6S/c1-4-6-10-21-18(25)16-12(3)15(20(26)29-5-2)19(30-16)22-17(24)13-8-7-9-14(11-13)23(27)28/h7-9,11H,4-6,10H2,1-3H3,(H,21,25)(H,22,24). The van der Waals surface area contributed by atoms with Crippen LogP contribution in [-0.4, -0.2) is 35.9 Å². The molecule has 0 atom stereocenters. The van der Waals surface area contributed by atoms with Crippen LogP contribution in [0.3, 0.4) is 0 Å². The highest BCUT2D eigenvalue weighted by Gasteiger charge is 2.27. The Balaban J connectivity index is 2.37. The molecular weight excluding hydrogens is 410 g/mol. The van der Waals surface area contributed by atoms with Crippen molar-refractivity contribution in [2.75, 3.05) is 18.5 Å². The third kappa shape index (κ3) is 5.41. The summed E-state index contributed by atoms with van der Waals surface area (Å²) in [7, 11) is 0. The van der Waals surface area contributed by atoms with Gasteiger partial charge in [0.1, 0.15) is 5.00 Å². The van der Waals surface area contributed by atoms with E-state index in [0.717, 1.165) is 30.2 Å². The fraction of sp³-hybridized carbons (Fsp3) is 0.350. The van der Waals surface area contributed by atoms with E-state index in [2.05, 4.69) is 10.6 Å². The van der Waals surface area contributed by atoms with E-state index >= 15 is 0 Å². The zero-order valence-electron chi connectivity index (χ0n) is 16.9. The second kappa shape index (κ2) is 10.5. The number of hydrogen-bond donors (Lipinski definition) is 2. The maximum atomic E-state index is 12.6. The molecule has 2 aromatic rings. The quantitative estimate of drug-likeness (QED) is 0.267. The average Bonchev–Trinajstić information content (AvgIpc) is 3.04. The molecule has 2 rings (SSSR count). The third-order valence-electron chi connectivity index (χ3n) is 4.19. The van der Waals surface area contributed by atoms with Gasteiger partial charge in [0, 0.05) is 24.2 Å². The van der Waals surface area contributed by atoms with Crippen molar-refractivity contribution in [3.8, 4) is 0 Å². The molecule has 0 radical (unpaired) electrons. The predicted molar refractivity (Wildman–Crippen MR) is 113 cm³/mol. The first-order chi connectivity index (χ1) is 14.3. The number of benzene rings is 1. The van der Waals surface area contributed by atoms with Gasteiger partial charge in [-0.1, -0.05) is 19.4 Å². The number of esters is 1. The number of nitro groups is 1. The van der Waals surface area contributed by atoms with Gasteiger partial charge < -0.3 is 15.4 Å². The van der Waals surface area contributed by atoms with Gasteiger partial charge in [0.25, 0.3) is 17.5 Å². The second-order valence-corrected chi connectivity index (χ2v) is 7.37. The van der Waals surface area contributed by atoms with Crippen molar-refractivity contribution >= 4 is 39.8 Å². The molecule has 30 heavy (non-hydrogen) atoms. The minimum Gasteiger partial charge on any atom is -0.462 e. The molecule has 160 valence electrons. The van der Waals surface area contributed by atoms with Gasteiger partial charge >= 0.3 is 5.97 Å². The number of nitrogens with zero attached hydrogens (tertiary/aromatic N) is 1. The van der Waals surface area contributed by atoms with E-state index in [1.165, 1.54) is 18.2 Å². The number of hydrogen-bond acceptors (Lipinski definition) is 7. The van der Waals surface area contributed by atoms with Crippen LogP contribution in [0.1, 0.15) is 62.6 Å². The van der Waals surface area contributed by atoms with E-state index in [-0.39, 0.29) is 34.3 Å². The van der Waals surface area contributed by atoms with Crippen LogP contribution in [0.2, 0.25) is 0 Å². The number of nitro benzene ring substituents is 1. The molecule has 1 heterocycles. The predicted octanol–water partition coefficient (Wildman–Crippen LogP) is 3.92. The first-order valence-electron chi connectivity index (χ1n) is 9.44. The molecule has 10 heteroatoms. The Labute approximate surface area is 177 Å². The van der Waals surface area contributed by atoms with Crippen LogP contribution in [-0.2, 0) is 4.74 Å². The van der Waals surface area contributed by atoms with E-state index in [9.17, 15) is 24.5 Å². The Morgan fingerprint density at radius 3 is 2.57 bits per heavy atom. The minimum atomic E-state index is -0.659. The SMILES string of the molecule is CCCCNC(=O)c1sc(NC(=O)c2cccc([N+](=O)[O-])c2)c(C(=O)OCC)c1C. The number of non-ortho nitro benzene ring substituents is 1. The maximum Gasteiger partial charge on any atom is 0.341 e. The second-order valence-electron chi connectivity index (χ2n) is 6.35. The summed E-state index contributed by atoms with van der Waals surface area (Å²) in [6.45, 7) is 5.89. The van der Waals surface area contributed by atoms with Crippen molar-refractivity contribution in [1.82, 2.24) is 5.32 Å². The zero-order chi connectivity index (χ0) is 22.3. The van der Waals surface area contributed by atoms with Gasteiger partial charge in [-0.15, -0.1) is 11.3 Å². The molecule has 1 aromatic carbocycles. The molecule has 0 saturated carbocycles. The molecule has 0 bridgehead atoms. The normalized spacial score (nSPS) is 10.4. The summed E-state index contributed by atoms with van der Waals surface area (Å²) < 4.78 is 5.07.